The number of carbonyl (C=O) groups is 4. The number of unbranched alkanes of at least 4 members (excludes halogenated alkanes) is 5. The summed E-state index contributed by atoms with van der Waals surface area (Å²) in [5.41, 5.74) is 0.257. The molecule has 0 saturated carbocycles. The maximum atomic E-state index is 12.6. The molecule has 0 spiro atoms. The van der Waals surface area contributed by atoms with E-state index in [1.54, 1.807) is 0 Å². The van der Waals surface area contributed by atoms with E-state index in [1.165, 1.54) is 17.7 Å². The van der Waals surface area contributed by atoms with Gasteiger partial charge in [0.25, 0.3) is 5.91 Å². The lowest BCUT2D eigenvalue weighted by atomic mass is 10.1. The number of hydrogen-bond donors (Lipinski definition) is 1. The van der Waals surface area contributed by atoms with Crippen LogP contribution in [-0.4, -0.2) is 57.4 Å². The molecule has 25 heavy (non-hydrogen) atoms. The number of amides is 3. The van der Waals surface area contributed by atoms with E-state index in [4.69, 9.17) is 5.11 Å². The highest BCUT2D eigenvalue weighted by Crippen LogP contribution is 2.36. The summed E-state index contributed by atoms with van der Waals surface area (Å²) in [6.07, 6.45) is 6.31. The highest BCUT2D eigenvalue weighted by Gasteiger charge is 2.40. The first-order valence-electron chi connectivity index (χ1n) is 8.68. The van der Waals surface area contributed by atoms with E-state index >= 15 is 0 Å². The van der Waals surface area contributed by atoms with E-state index in [0.29, 0.717) is 11.6 Å². The molecule has 2 heterocycles. The highest BCUT2D eigenvalue weighted by atomic mass is 32.2. The van der Waals surface area contributed by atoms with Crippen molar-refractivity contribution < 1.29 is 24.3 Å². The SMILES string of the molecule is CCCCCCCCN1C(=O)C/C(=C2/SCC(=O)N2CC(=O)O)C1=O. The van der Waals surface area contributed by atoms with Crippen molar-refractivity contribution in [3.63, 3.8) is 0 Å². The van der Waals surface area contributed by atoms with Gasteiger partial charge in [-0.05, 0) is 6.42 Å². The Kier molecular flexibility index (Phi) is 7.04. The minimum Gasteiger partial charge on any atom is -0.480 e. The fourth-order valence-corrected chi connectivity index (χ4v) is 4.06. The van der Waals surface area contributed by atoms with Crippen LogP contribution in [0.5, 0.6) is 0 Å². The van der Waals surface area contributed by atoms with Gasteiger partial charge in [0.2, 0.25) is 11.8 Å². The van der Waals surface area contributed by atoms with Crippen LogP contribution in [0.2, 0.25) is 0 Å². The van der Waals surface area contributed by atoms with Crippen LogP contribution >= 0.6 is 11.8 Å². The Morgan fingerprint density at radius 3 is 2.40 bits per heavy atom. The minimum absolute atomic E-state index is 0.0552. The summed E-state index contributed by atoms with van der Waals surface area (Å²) in [5, 5.41) is 9.27. The molecule has 0 aliphatic carbocycles. The van der Waals surface area contributed by atoms with Gasteiger partial charge < -0.3 is 5.11 Å². The normalized spacial score (nSPS) is 20.9. The molecule has 0 bridgehead atoms. The monoisotopic (exact) mass is 368 g/mol. The number of hydrogen-bond acceptors (Lipinski definition) is 5. The number of aliphatic carboxylic acids is 1. The third-order valence-electron chi connectivity index (χ3n) is 4.30. The van der Waals surface area contributed by atoms with Gasteiger partial charge in [-0.15, -0.1) is 0 Å². The summed E-state index contributed by atoms with van der Waals surface area (Å²) in [6.45, 7) is 2.05. The predicted molar refractivity (Wildman–Crippen MR) is 93.5 cm³/mol. The van der Waals surface area contributed by atoms with Crippen molar-refractivity contribution in [2.24, 2.45) is 0 Å². The Morgan fingerprint density at radius 2 is 1.72 bits per heavy atom. The fourth-order valence-electron chi connectivity index (χ4n) is 2.99. The van der Waals surface area contributed by atoms with Gasteiger partial charge in [-0.3, -0.25) is 29.0 Å². The number of likely N-dealkylation sites (tertiary alicyclic amines) is 1. The largest absolute Gasteiger partial charge is 0.480 e. The summed E-state index contributed by atoms with van der Waals surface area (Å²) in [6, 6.07) is 0. The van der Waals surface area contributed by atoms with Crippen molar-refractivity contribution in [2.45, 2.75) is 51.9 Å². The minimum atomic E-state index is -1.14. The van der Waals surface area contributed by atoms with Gasteiger partial charge in [0.05, 0.1) is 22.8 Å². The smallest absolute Gasteiger partial charge is 0.323 e. The van der Waals surface area contributed by atoms with Crippen LogP contribution in [-0.2, 0) is 19.2 Å². The number of rotatable bonds is 9. The molecule has 2 aliphatic rings. The quantitative estimate of drug-likeness (QED) is 0.380. The third-order valence-corrected chi connectivity index (χ3v) is 5.43. The zero-order valence-electron chi connectivity index (χ0n) is 14.5. The molecule has 0 aromatic rings. The molecule has 1 N–H and O–H groups in total. The maximum absolute atomic E-state index is 12.6. The molecule has 8 heteroatoms. The Labute approximate surface area is 151 Å². The summed E-state index contributed by atoms with van der Waals surface area (Å²) < 4.78 is 0. The van der Waals surface area contributed by atoms with Gasteiger partial charge in [-0.25, -0.2) is 0 Å². The van der Waals surface area contributed by atoms with E-state index in [1.807, 2.05) is 0 Å². The van der Waals surface area contributed by atoms with Gasteiger partial charge in [0, 0.05) is 6.54 Å². The van der Waals surface area contributed by atoms with E-state index in [-0.39, 0.29) is 35.5 Å². The molecule has 0 unspecified atom stereocenters. The van der Waals surface area contributed by atoms with Crippen molar-refractivity contribution in [1.29, 1.82) is 0 Å². The van der Waals surface area contributed by atoms with Gasteiger partial charge in [-0.1, -0.05) is 50.8 Å². The highest BCUT2D eigenvalue weighted by molar-refractivity contribution is 8.04. The molecule has 3 amide bonds. The molecule has 2 aliphatic heterocycles. The van der Waals surface area contributed by atoms with Crippen LogP contribution in [0.3, 0.4) is 0 Å². The van der Waals surface area contributed by atoms with Crippen LogP contribution in [0, 0.1) is 0 Å². The summed E-state index contributed by atoms with van der Waals surface area (Å²) >= 11 is 1.14. The van der Waals surface area contributed by atoms with Crippen LogP contribution in [0.25, 0.3) is 0 Å². The van der Waals surface area contributed by atoms with Crippen molar-refractivity contribution in [2.75, 3.05) is 18.8 Å². The second kappa shape index (κ2) is 9.03. The standard InChI is InChI=1S/C17H24N2O5S/c1-2-3-4-5-6-7-8-18-13(20)9-12(16(18)24)17-19(10-15(22)23)14(21)11-25-17/h2-11H2,1H3,(H,22,23)/b17-12-. The Balaban J connectivity index is 1.99. The molecule has 2 saturated heterocycles. The van der Waals surface area contributed by atoms with E-state index < -0.39 is 12.5 Å². The van der Waals surface area contributed by atoms with E-state index in [2.05, 4.69) is 6.92 Å². The van der Waals surface area contributed by atoms with E-state index in [0.717, 1.165) is 42.3 Å². The van der Waals surface area contributed by atoms with Crippen LogP contribution < -0.4 is 0 Å². The molecule has 0 aromatic heterocycles. The van der Waals surface area contributed by atoms with Crippen LogP contribution in [0.1, 0.15) is 51.9 Å². The molecule has 0 aromatic carbocycles. The zero-order valence-corrected chi connectivity index (χ0v) is 15.3. The molecular weight excluding hydrogens is 344 g/mol. The molecule has 0 radical (unpaired) electrons. The zero-order chi connectivity index (χ0) is 18.4. The van der Waals surface area contributed by atoms with Crippen molar-refractivity contribution >= 4 is 35.5 Å². The summed E-state index contributed by atoms with van der Waals surface area (Å²) in [7, 11) is 0. The second-order valence-corrected chi connectivity index (χ2v) is 7.21. The van der Waals surface area contributed by atoms with Gasteiger partial charge in [0.15, 0.2) is 0 Å². The number of carboxylic acids is 1. The topological polar surface area (TPSA) is 95.0 Å². The number of carboxylic acid groups (broad SMARTS) is 1. The number of carbonyl (C=O) groups excluding carboxylic acids is 3. The molecule has 138 valence electrons. The first-order valence-corrected chi connectivity index (χ1v) is 9.67. The maximum Gasteiger partial charge on any atom is 0.323 e. The number of thioether (sulfide) groups is 1. The van der Waals surface area contributed by atoms with Crippen LogP contribution in [0.15, 0.2) is 10.6 Å². The lowest BCUT2D eigenvalue weighted by Crippen LogP contribution is -2.33. The Morgan fingerprint density at radius 1 is 1.04 bits per heavy atom. The predicted octanol–water partition coefficient (Wildman–Crippen LogP) is 1.98. The molecular formula is C17H24N2O5S. The Hall–Kier alpha value is -1.83. The van der Waals surface area contributed by atoms with E-state index in [9.17, 15) is 19.2 Å². The van der Waals surface area contributed by atoms with Crippen molar-refractivity contribution in [1.82, 2.24) is 9.80 Å². The first kappa shape index (κ1) is 19.5. The fraction of sp³-hybridized carbons (Fsp3) is 0.647. The average Bonchev–Trinajstić information content (AvgIpc) is 3.04. The second-order valence-electron chi connectivity index (χ2n) is 6.24. The average molecular weight is 368 g/mol. The number of imide groups is 1. The van der Waals surface area contributed by atoms with Crippen molar-refractivity contribution in [3.05, 3.63) is 10.6 Å². The first-order chi connectivity index (χ1) is 12.0. The Bertz CT molecular complexity index is 602. The molecule has 0 atom stereocenters. The summed E-state index contributed by atoms with van der Waals surface area (Å²) in [4.78, 5) is 49.8. The third kappa shape index (κ3) is 4.84. The molecule has 2 rings (SSSR count). The lowest BCUT2D eigenvalue weighted by molar-refractivity contribution is -0.141. The van der Waals surface area contributed by atoms with Crippen molar-refractivity contribution in [3.8, 4) is 0 Å². The molecule has 2 fully saturated rings. The van der Waals surface area contributed by atoms with Crippen LogP contribution in [0.4, 0.5) is 0 Å². The summed E-state index contributed by atoms with van der Waals surface area (Å²) in [5.74, 6) is -2.04. The lowest BCUT2D eigenvalue weighted by Gasteiger charge is -2.16. The van der Waals surface area contributed by atoms with Gasteiger partial charge in [-0.2, -0.15) is 0 Å². The van der Waals surface area contributed by atoms with Gasteiger partial charge >= 0.3 is 5.97 Å². The number of nitrogens with zero attached hydrogens (tertiary/aromatic N) is 2. The van der Waals surface area contributed by atoms with Gasteiger partial charge in [0.1, 0.15) is 6.54 Å². The molecule has 7 nitrogen and oxygen atoms in total.